The minimum Gasteiger partial charge on any atom is -0.360 e. The Morgan fingerprint density at radius 1 is 1.07 bits per heavy atom. The van der Waals surface area contributed by atoms with Crippen molar-refractivity contribution in [2.75, 3.05) is 37.7 Å². The van der Waals surface area contributed by atoms with Gasteiger partial charge in [-0.1, -0.05) is 30.5 Å². The first kappa shape index (κ1) is 19.2. The van der Waals surface area contributed by atoms with Crippen molar-refractivity contribution in [2.24, 2.45) is 0 Å². The molecular weight excluding hydrogens is 380 g/mol. The fourth-order valence-corrected chi connectivity index (χ4v) is 4.68. The van der Waals surface area contributed by atoms with Crippen LogP contribution in [0.4, 0.5) is 10.5 Å². The highest BCUT2D eigenvalue weighted by Gasteiger charge is 2.49. The Hall–Kier alpha value is -2.12. The molecule has 1 aromatic rings. The topological polar surface area (TPSA) is 65.4 Å². The fourth-order valence-electron chi connectivity index (χ4n) is 4.51. The highest BCUT2D eigenvalue weighted by Crippen LogP contribution is 2.27. The van der Waals surface area contributed by atoms with Crippen LogP contribution in [0.5, 0.6) is 0 Å². The standard InChI is InChI=1S/C20H25ClN4O3/c1-14-6-7-15(21)12-17(14)23-10-8-22(9-11-23)13-24-18(26)19(27)25(20(24)28)16-4-2-3-5-16/h6-7,12,16H,2-5,8-11,13H2,1H3/p+1. The summed E-state index contributed by atoms with van der Waals surface area (Å²) in [4.78, 5) is 43.3. The Kier molecular flexibility index (Phi) is 5.29. The summed E-state index contributed by atoms with van der Waals surface area (Å²) >= 11 is 6.14. The van der Waals surface area contributed by atoms with Gasteiger partial charge < -0.3 is 9.80 Å². The zero-order valence-electron chi connectivity index (χ0n) is 16.1. The van der Waals surface area contributed by atoms with Gasteiger partial charge in [0.25, 0.3) is 0 Å². The quantitative estimate of drug-likeness (QED) is 0.600. The van der Waals surface area contributed by atoms with E-state index in [1.54, 1.807) is 0 Å². The Morgan fingerprint density at radius 3 is 2.43 bits per heavy atom. The van der Waals surface area contributed by atoms with Crippen molar-refractivity contribution in [1.82, 2.24) is 9.80 Å². The third-order valence-corrected chi connectivity index (χ3v) is 6.37. The van der Waals surface area contributed by atoms with Crippen molar-refractivity contribution in [1.29, 1.82) is 0 Å². The summed E-state index contributed by atoms with van der Waals surface area (Å²) in [6.07, 6.45) is 3.63. The van der Waals surface area contributed by atoms with E-state index in [1.165, 1.54) is 10.5 Å². The number of benzene rings is 1. The van der Waals surface area contributed by atoms with E-state index in [9.17, 15) is 14.4 Å². The average molecular weight is 406 g/mol. The zero-order valence-corrected chi connectivity index (χ0v) is 16.9. The van der Waals surface area contributed by atoms with Gasteiger partial charge in [-0.25, -0.2) is 9.69 Å². The number of carbonyl (C=O) groups is 3. The van der Waals surface area contributed by atoms with Crippen molar-refractivity contribution in [3.63, 3.8) is 0 Å². The number of hydrogen-bond acceptors (Lipinski definition) is 4. The first-order chi connectivity index (χ1) is 13.5. The molecule has 2 aliphatic heterocycles. The van der Waals surface area contributed by atoms with Crippen molar-refractivity contribution in [2.45, 2.75) is 38.6 Å². The number of carbonyl (C=O) groups excluding carboxylic acids is 3. The van der Waals surface area contributed by atoms with Gasteiger partial charge in [-0.15, -0.1) is 0 Å². The molecule has 1 aromatic carbocycles. The normalized spacial score (nSPS) is 22.1. The van der Waals surface area contributed by atoms with Crippen LogP contribution in [0.3, 0.4) is 0 Å². The van der Waals surface area contributed by atoms with Crippen LogP contribution in [-0.4, -0.2) is 66.5 Å². The molecule has 0 unspecified atom stereocenters. The molecule has 28 heavy (non-hydrogen) atoms. The number of imide groups is 2. The Labute approximate surface area is 169 Å². The number of quaternary nitrogens is 1. The molecule has 0 bridgehead atoms. The molecule has 4 rings (SSSR count). The molecule has 2 saturated heterocycles. The maximum atomic E-state index is 12.7. The lowest BCUT2D eigenvalue weighted by atomic mass is 10.1. The summed E-state index contributed by atoms with van der Waals surface area (Å²) in [6.45, 7) is 5.53. The number of anilines is 1. The Balaban J connectivity index is 1.38. The van der Waals surface area contributed by atoms with Crippen LogP contribution in [0.2, 0.25) is 5.02 Å². The summed E-state index contributed by atoms with van der Waals surface area (Å²) in [5.74, 6) is -1.32. The van der Waals surface area contributed by atoms with Crippen LogP contribution >= 0.6 is 11.6 Å². The molecule has 4 amide bonds. The van der Waals surface area contributed by atoms with E-state index < -0.39 is 17.8 Å². The van der Waals surface area contributed by atoms with Crippen LogP contribution in [0, 0.1) is 6.92 Å². The molecule has 2 heterocycles. The molecule has 0 spiro atoms. The van der Waals surface area contributed by atoms with Crippen LogP contribution < -0.4 is 9.80 Å². The van der Waals surface area contributed by atoms with E-state index in [4.69, 9.17) is 11.6 Å². The molecule has 7 nitrogen and oxygen atoms in total. The maximum absolute atomic E-state index is 12.7. The summed E-state index contributed by atoms with van der Waals surface area (Å²) in [5.41, 5.74) is 2.30. The lowest BCUT2D eigenvalue weighted by molar-refractivity contribution is -0.907. The number of halogens is 1. The SMILES string of the molecule is Cc1ccc(Cl)cc1N1CC[NH+](CN2C(=O)C(=O)N(C3CCCC3)C2=O)CC1. The van der Waals surface area contributed by atoms with Gasteiger partial charge in [-0.2, -0.15) is 0 Å². The third kappa shape index (κ3) is 3.49. The minimum atomic E-state index is -0.669. The highest BCUT2D eigenvalue weighted by molar-refractivity contribution is 6.44. The first-order valence-electron chi connectivity index (χ1n) is 9.99. The second kappa shape index (κ2) is 7.72. The van der Waals surface area contributed by atoms with E-state index in [0.717, 1.165) is 67.3 Å². The maximum Gasteiger partial charge on any atom is 0.338 e. The summed E-state index contributed by atoms with van der Waals surface area (Å²) in [7, 11) is 0. The average Bonchev–Trinajstić information content (AvgIpc) is 3.28. The lowest BCUT2D eigenvalue weighted by Crippen LogP contribution is -3.16. The van der Waals surface area contributed by atoms with Gasteiger partial charge in [-0.05, 0) is 37.5 Å². The highest BCUT2D eigenvalue weighted by atomic mass is 35.5. The van der Waals surface area contributed by atoms with Crippen molar-refractivity contribution in [3.05, 3.63) is 28.8 Å². The van der Waals surface area contributed by atoms with E-state index in [1.807, 2.05) is 18.2 Å². The van der Waals surface area contributed by atoms with Crippen LogP contribution in [-0.2, 0) is 9.59 Å². The van der Waals surface area contributed by atoms with E-state index in [2.05, 4.69) is 11.8 Å². The smallest absolute Gasteiger partial charge is 0.338 e. The lowest BCUT2D eigenvalue weighted by Gasteiger charge is -2.35. The van der Waals surface area contributed by atoms with Gasteiger partial charge >= 0.3 is 17.8 Å². The Bertz CT molecular complexity index is 801. The summed E-state index contributed by atoms with van der Waals surface area (Å²) in [5, 5.41) is 0.717. The monoisotopic (exact) mass is 405 g/mol. The van der Waals surface area contributed by atoms with Gasteiger partial charge in [0.05, 0.1) is 26.2 Å². The molecule has 0 radical (unpaired) electrons. The minimum absolute atomic E-state index is 0.105. The van der Waals surface area contributed by atoms with Gasteiger partial charge in [0, 0.05) is 16.8 Å². The summed E-state index contributed by atoms with van der Waals surface area (Å²) < 4.78 is 0. The molecule has 1 N–H and O–H groups in total. The van der Waals surface area contributed by atoms with Crippen LogP contribution in [0.25, 0.3) is 0 Å². The first-order valence-corrected chi connectivity index (χ1v) is 10.4. The largest absolute Gasteiger partial charge is 0.360 e. The number of amides is 4. The molecule has 8 heteroatoms. The number of nitrogens with zero attached hydrogens (tertiary/aromatic N) is 3. The number of hydrogen-bond donors (Lipinski definition) is 1. The van der Waals surface area contributed by atoms with Gasteiger partial charge in [0.1, 0.15) is 0 Å². The molecule has 150 valence electrons. The predicted molar refractivity (Wildman–Crippen MR) is 105 cm³/mol. The van der Waals surface area contributed by atoms with Gasteiger partial charge in [0.2, 0.25) is 0 Å². The molecule has 0 atom stereocenters. The van der Waals surface area contributed by atoms with E-state index in [-0.39, 0.29) is 12.7 Å². The third-order valence-electron chi connectivity index (χ3n) is 6.14. The zero-order chi connectivity index (χ0) is 19.8. The molecular formula is C20H26ClN4O3+. The summed E-state index contributed by atoms with van der Waals surface area (Å²) in [6, 6.07) is 5.35. The molecule has 1 saturated carbocycles. The van der Waals surface area contributed by atoms with Crippen molar-refractivity contribution in [3.8, 4) is 0 Å². The molecule has 3 aliphatic rings. The van der Waals surface area contributed by atoms with Crippen LogP contribution in [0.15, 0.2) is 18.2 Å². The number of nitrogens with one attached hydrogen (secondary N) is 1. The number of aryl methyl sites for hydroxylation is 1. The Morgan fingerprint density at radius 2 is 1.75 bits per heavy atom. The van der Waals surface area contributed by atoms with Gasteiger partial charge in [0.15, 0.2) is 6.67 Å². The molecule has 1 aliphatic carbocycles. The van der Waals surface area contributed by atoms with Crippen LogP contribution in [0.1, 0.15) is 31.2 Å². The molecule has 3 fully saturated rings. The van der Waals surface area contributed by atoms with Gasteiger partial charge in [-0.3, -0.25) is 14.5 Å². The van der Waals surface area contributed by atoms with E-state index in [0.29, 0.717) is 5.02 Å². The van der Waals surface area contributed by atoms with Crippen molar-refractivity contribution < 1.29 is 19.3 Å². The predicted octanol–water partition coefficient (Wildman–Crippen LogP) is 1.04. The number of rotatable bonds is 4. The second-order valence-electron chi connectivity index (χ2n) is 7.96. The number of piperazine rings is 1. The molecule has 0 aromatic heterocycles. The fraction of sp³-hybridized carbons (Fsp3) is 0.550. The van der Waals surface area contributed by atoms with Crippen molar-refractivity contribution >= 4 is 35.1 Å². The van der Waals surface area contributed by atoms with E-state index >= 15 is 0 Å². The number of urea groups is 1. The second-order valence-corrected chi connectivity index (χ2v) is 8.39.